The third-order valence-corrected chi connectivity index (χ3v) is 2.85. The van der Waals surface area contributed by atoms with E-state index in [9.17, 15) is 9.70 Å². The summed E-state index contributed by atoms with van der Waals surface area (Å²) in [5.41, 5.74) is 2.25. The van der Waals surface area contributed by atoms with Gasteiger partial charge in [-0.3, -0.25) is 4.79 Å². The molecule has 0 aliphatic carbocycles. The van der Waals surface area contributed by atoms with Crippen molar-refractivity contribution in [3.8, 4) is 5.75 Å². The highest BCUT2D eigenvalue weighted by Crippen LogP contribution is 2.29. The molecule has 0 saturated heterocycles. The molecule has 0 radical (unpaired) electrons. The van der Waals surface area contributed by atoms with E-state index in [4.69, 9.17) is 4.74 Å². The zero-order chi connectivity index (χ0) is 11.5. The Kier molecular flexibility index (Phi) is 2.99. The summed E-state index contributed by atoms with van der Waals surface area (Å²) in [6, 6.07) is 6.01. The number of hydrogen-bond donors (Lipinski definition) is 0. The van der Waals surface area contributed by atoms with Crippen LogP contribution < -0.4 is 4.74 Å². The van der Waals surface area contributed by atoms with Crippen LogP contribution >= 0.6 is 0 Å². The van der Waals surface area contributed by atoms with Crippen LogP contribution in [0.3, 0.4) is 0 Å². The van der Waals surface area contributed by atoms with Crippen molar-refractivity contribution in [2.24, 2.45) is 5.18 Å². The predicted octanol–water partition coefficient (Wildman–Crippen LogP) is 2.24. The van der Waals surface area contributed by atoms with E-state index in [1.807, 2.05) is 12.1 Å². The molecule has 1 aromatic carbocycles. The Morgan fingerprint density at radius 1 is 1.56 bits per heavy atom. The molecule has 0 aromatic heterocycles. The first-order valence-corrected chi connectivity index (χ1v) is 5.40. The molecule has 0 fully saturated rings. The SMILES string of the molecule is CCc1ccc2c(c1)OC(C(=O)N=O)CC2. The van der Waals surface area contributed by atoms with Crippen LogP contribution in [-0.2, 0) is 17.6 Å². The zero-order valence-corrected chi connectivity index (χ0v) is 9.10. The Bertz CT molecular complexity index is 428. The van der Waals surface area contributed by atoms with Gasteiger partial charge in [0.05, 0.1) is 0 Å². The highest BCUT2D eigenvalue weighted by Gasteiger charge is 2.26. The molecule has 1 aliphatic rings. The number of carbonyl (C=O) groups excluding carboxylic acids is 1. The molecule has 0 saturated carbocycles. The summed E-state index contributed by atoms with van der Waals surface area (Å²) in [7, 11) is 0. The van der Waals surface area contributed by atoms with Gasteiger partial charge < -0.3 is 4.74 Å². The fourth-order valence-corrected chi connectivity index (χ4v) is 1.87. The Morgan fingerprint density at radius 2 is 2.38 bits per heavy atom. The number of aryl methyl sites for hydroxylation is 2. The van der Waals surface area contributed by atoms with E-state index >= 15 is 0 Å². The second-order valence-electron chi connectivity index (χ2n) is 3.87. The molecule has 4 heteroatoms. The summed E-state index contributed by atoms with van der Waals surface area (Å²) in [5, 5.41) is 2.41. The standard InChI is InChI=1S/C12H13NO3/c1-2-8-3-4-9-5-6-10(12(14)13-15)16-11(9)7-8/h3-4,7,10H,2,5-6H2,1H3. The average molecular weight is 219 g/mol. The molecular formula is C12H13NO3. The predicted molar refractivity (Wildman–Crippen MR) is 59.4 cm³/mol. The minimum atomic E-state index is -0.715. The molecule has 1 atom stereocenters. The summed E-state index contributed by atoms with van der Waals surface area (Å²) in [6.45, 7) is 2.06. The molecule has 1 aromatic rings. The minimum Gasteiger partial charge on any atom is -0.480 e. The Balaban J connectivity index is 2.24. The molecule has 84 valence electrons. The normalized spacial score (nSPS) is 18.4. The van der Waals surface area contributed by atoms with Gasteiger partial charge in [-0.25, -0.2) is 0 Å². The third-order valence-electron chi connectivity index (χ3n) is 2.85. The number of nitroso groups, excluding NO2 is 1. The summed E-state index contributed by atoms with van der Waals surface area (Å²) < 4.78 is 5.48. The van der Waals surface area contributed by atoms with Crippen molar-refractivity contribution in [3.63, 3.8) is 0 Å². The lowest BCUT2D eigenvalue weighted by Crippen LogP contribution is -2.29. The van der Waals surface area contributed by atoms with E-state index in [2.05, 4.69) is 18.2 Å². The maximum atomic E-state index is 11.1. The summed E-state index contributed by atoms with van der Waals surface area (Å²) in [6.07, 6.45) is 1.51. The van der Waals surface area contributed by atoms with Crippen molar-refractivity contribution < 1.29 is 9.53 Å². The molecule has 1 amide bonds. The van der Waals surface area contributed by atoms with Crippen LogP contribution in [0, 0.1) is 4.91 Å². The maximum absolute atomic E-state index is 11.1. The molecule has 0 spiro atoms. The van der Waals surface area contributed by atoms with E-state index in [1.165, 1.54) is 0 Å². The molecule has 4 nitrogen and oxygen atoms in total. The number of rotatable bonds is 2. The van der Waals surface area contributed by atoms with Crippen molar-refractivity contribution in [1.29, 1.82) is 0 Å². The van der Waals surface area contributed by atoms with E-state index in [0.717, 1.165) is 24.0 Å². The molecule has 1 heterocycles. The molecule has 1 unspecified atom stereocenters. The van der Waals surface area contributed by atoms with Crippen LogP contribution in [-0.4, -0.2) is 12.0 Å². The first-order chi connectivity index (χ1) is 7.74. The molecular weight excluding hydrogens is 206 g/mol. The van der Waals surface area contributed by atoms with Crippen molar-refractivity contribution >= 4 is 5.91 Å². The lowest BCUT2D eigenvalue weighted by Gasteiger charge is -2.23. The molecule has 0 N–H and O–H groups in total. The number of nitrogens with zero attached hydrogens (tertiary/aromatic N) is 1. The van der Waals surface area contributed by atoms with Crippen molar-refractivity contribution in [3.05, 3.63) is 34.2 Å². The fraction of sp³-hybridized carbons (Fsp3) is 0.417. The molecule has 1 aliphatic heterocycles. The second kappa shape index (κ2) is 4.43. The van der Waals surface area contributed by atoms with Crippen LogP contribution in [0.4, 0.5) is 0 Å². The van der Waals surface area contributed by atoms with Gasteiger partial charge in [0, 0.05) is 5.18 Å². The summed E-state index contributed by atoms with van der Waals surface area (Å²) in [4.78, 5) is 21.3. The monoisotopic (exact) mass is 219 g/mol. The van der Waals surface area contributed by atoms with E-state index in [0.29, 0.717) is 12.2 Å². The molecule has 16 heavy (non-hydrogen) atoms. The number of fused-ring (bicyclic) bond motifs is 1. The van der Waals surface area contributed by atoms with Crippen LogP contribution in [0.25, 0.3) is 0 Å². The average Bonchev–Trinajstić information content (AvgIpc) is 2.36. The van der Waals surface area contributed by atoms with Gasteiger partial charge in [-0.15, -0.1) is 4.91 Å². The van der Waals surface area contributed by atoms with Gasteiger partial charge in [-0.2, -0.15) is 0 Å². The van der Waals surface area contributed by atoms with Crippen LogP contribution in [0.5, 0.6) is 5.75 Å². The van der Waals surface area contributed by atoms with Gasteiger partial charge >= 0.3 is 5.91 Å². The number of benzene rings is 1. The van der Waals surface area contributed by atoms with Crippen LogP contribution in [0.1, 0.15) is 24.5 Å². The lowest BCUT2D eigenvalue weighted by atomic mass is 9.99. The quantitative estimate of drug-likeness (QED) is 0.717. The Labute approximate surface area is 93.6 Å². The Hall–Kier alpha value is -1.71. The highest BCUT2D eigenvalue weighted by molar-refractivity contribution is 5.82. The minimum absolute atomic E-state index is 0.531. The van der Waals surface area contributed by atoms with Crippen molar-refractivity contribution in [1.82, 2.24) is 0 Å². The van der Waals surface area contributed by atoms with Gasteiger partial charge in [-0.1, -0.05) is 19.1 Å². The summed E-state index contributed by atoms with van der Waals surface area (Å²) >= 11 is 0. The zero-order valence-electron chi connectivity index (χ0n) is 9.10. The van der Waals surface area contributed by atoms with Gasteiger partial charge in [0.2, 0.25) is 0 Å². The van der Waals surface area contributed by atoms with Gasteiger partial charge in [0.1, 0.15) is 5.75 Å². The first-order valence-electron chi connectivity index (χ1n) is 5.40. The van der Waals surface area contributed by atoms with Crippen LogP contribution in [0.2, 0.25) is 0 Å². The number of hydrogen-bond acceptors (Lipinski definition) is 3. The van der Waals surface area contributed by atoms with Gasteiger partial charge in [0.25, 0.3) is 0 Å². The van der Waals surface area contributed by atoms with Crippen molar-refractivity contribution in [2.75, 3.05) is 0 Å². The second-order valence-corrected chi connectivity index (χ2v) is 3.87. The maximum Gasteiger partial charge on any atom is 0.326 e. The van der Waals surface area contributed by atoms with E-state index < -0.39 is 12.0 Å². The van der Waals surface area contributed by atoms with Crippen LogP contribution in [0.15, 0.2) is 23.4 Å². The molecule has 2 rings (SSSR count). The smallest absolute Gasteiger partial charge is 0.326 e. The van der Waals surface area contributed by atoms with Gasteiger partial charge in [0.15, 0.2) is 6.10 Å². The lowest BCUT2D eigenvalue weighted by molar-refractivity contribution is -0.125. The number of carbonyl (C=O) groups is 1. The highest BCUT2D eigenvalue weighted by atomic mass is 16.5. The summed E-state index contributed by atoms with van der Waals surface area (Å²) in [5.74, 6) is 0.000140. The first kappa shape index (κ1) is 10.8. The topological polar surface area (TPSA) is 55.7 Å². The fourth-order valence-electron chi connectivity index (χ4n) is 1.87. The number of amides is 1. The Morgan fingerprint density at radius 3 is 3.06 bits per heavy atom. The third kappa shape index (κ3) is 1.96. The molecule has 0 bridgehead atoms. The largest absolute Gasteiger partial charge is 0.480 e. The number of ether oxygens (including phenoxy) is 1. The van der Waals surface area contributed by atoms with E-state index in [1.54, 1.807) is 0 Å². The van der Waals surface area contributed by atoms with Crippen molar-refractivity contribution in [2.45, 2.75) is 32.3 Å². The van der Waals surface area contributed by atoms with E-state index in [-0.39, 0.29) is 0 Å². The van der Waals surface area contributed by atoms with Gasteiger partial charge in [-0.05, 0) is 36.5 Å².